The largest absolute Gasteiger partial charge is 0.303 e. The molecule has 0 spiro atoms. The molecule has 0 fully saturated rings. The number of hydrogen-bond donors (Lipinski definition) is 0. The number of carbonyl (C=O) groups is 1. The second-order valence-electron chi connectivity index (χ2n) is 4.52. The summed E-state index contributed by atoms with van der Waals surface area (Å²) in [6.45, 7) is 7.16. The Balaban J connectivity index is 4.45. The van der Waals surface area contributed by atoms with Gasteiger partial charge in [0, 0.05) is 22.7 Å². The zero-order chi connectivity index (χ0) is 10.6. The second-order valence-corrected chi connectivity index (χ2v) is 4.52. The van der Waals surface area contributed by atoms with Gasteiger partial charge in [-0.15, -0.1) is 0 Å². The third-order valence-electron chi connectivity index (χ3n) is 2.08. The predicted molar refractivity (Wildman–Crippen MR) is 50.1 cm³/mol. The molecule has 0 N–H and O–H groups in total. The minimum absolute atomic E-state index is 0.241. The van der Waals surface area contributed by atoms with Crippen molar-refractivity contribution in [2.75, 3.05) is 0 Å². The molecule has 0 aliphatic heterocycles. The van der Waals surface area contributed by atoms with E-state index in [-0.39, 0.29) is 16.3 Å². The zero-order valence-electron chi connectivity index (χ0n) is 8.61. The summed E-state index contributed by atoms with van der Waals surface area (Å²) < 4.78 is 0. The molecule has 0 radical (unpaired) electrons. The van der Waals surface area contributed by atoms with Gasteiger partial charge in [-0.2, -0.15) is 0 Å². The first-order chi connectivity index (χ1) is 5.79. The molecule has 0 saturated heterocycles. The Morgan fingerprint density at radius 1 is 1.46 bits per heavy atom. The van der Waals surface area contributed by atoms with Gasteiger partial charge in [0.15, 0.2) is 0 Å². The Labute approximate surface area is 78.5 Å². The van der Waals surface area contributed by atoms with Crippen LogP contribution in [0.1, 0.15) is 34.1 Å². The van der Waals surface area contributed by atoms with Crippen molar-refractivity contribution in [3.63, 3.8) is 0 Å². The first-order valence-corrected chi connectivity index (χ1v) is 4.37. The van der Waals surface area contributed by atoms with Gasteiger partial charge in [0.05, 0.1) is 0 Å². The summed E-state index contributed by atoms with van der Waals surface area (Å²) in [7, 11) is 0. The molecule has 13 heavy (non-hydrogen) atoms. The first kappa shape index (κ1) is 12.1. The van der Waals surface area contributed by atoms with E-state index in [4.69, 9.17) is 0 Å². The average Bonchev–Trinajstić information content (AvgIpc) is 1.96. The third kappa shape index (κ3) is 4.01. The van der Waals surface area contributed by atoms with Gasteiger partial charge in [-0.25, -0.2) is 0 Å². The molecule has 4 nitrogen and oxygen atoms in total. The summed E-state index contributed by atoms with van der Waals surface area (Å²) in [6, 6.07) is -0.646. The molecule has 0 aromatic carbocycles. The summed E-state index contributed by atoms with van der Waals surface area (Å²) in [4.78, 5) is 20.8. The number of rotatable bonds is 4. The highest BCUT2D eigenvalue weighted by Gasteiger charge is 2.35. The fourth-order valence-electron chi connectivity index (χ4n) is 1.16. The lowest BCUT2D eigenvalue weighted by molar-refractivity contribution is -0.541. The van der Waals surface area contributed by atoms with E-state index in [2.05, 4.69) is 0 Å². The van der Waals surface area contributed by atoms with Crippen molar-refractivity contribution in [2.45, 2.75) is 40.2 Å². The van der Waals surface area contributed by atoms with Crippen molar-refractivity contribution >= 4 is 6.29 Å². The molecule has 0 aliphatic rings. The molecular weight excluding hydrogens is 170 g/mol. The SMILES string of the molecule is CC(C=O)CC([N+](=O)[O-])C(C)(C)C. The van der Waals surface area contributed by atoms with Crippen LogP contribution in [0.4, 0.5) is 0 Å². The van der Waals surface area contributed by atoms with Gasteiger partial charge in [0.1, 0.15) is 6.29 Å². The lowest BCUT2D eigenvalue weighted by Crippen LogP contribution is -2.35. The molecule has 2 unspecified atom stereocenters. The van der Waals surface area contributed by atoms with E-state index in [9.17, 15) is 14.9 Å². The van der Waals surface area contributed by atoms with Gasteiger partial charge in [-0.1, -0.05) is 27.7 Å². The van der Waals surface area contributed by atoms with Crippen LogP contribution in [-0.2, 0) is 4.79 Å². The van der Waals surface area contributed by atoms with Crippen LogP contribution in [0.15, 0.2) is 0 Å². The minimum Gasteiger partial charge on any atom is -0.303 e. The number of aldehydes is 1. The Bertz CT molecular complexity index is 196. The molecule has 76 valence electrons. The molecule has 0 heterocycles. The highest BCUT2D eigenvalue weighted by molar-refractivity contribution is 5.52. The van der Waals surface area contributed by atoms with Crippen LogP contribution in [0.3, 0.4) is 0 Å². The van der Waals surface area contributed by atoms with Crippen molar-refractivity contribution in [1.82, 2.24) is 0 Å². The number of nitrogens with zero attached hydrogens (tertiary/aromatic N) is 1. The van der Waals surface area contributed by atoms with E-state index in [1.165, 1.54) is 0 Å². The monoisotopic (exact) mass is 187 g/mol. The number of carbonyl (C=O) groups excluding carboxylic acids is 1. The molecule has 4 heteroatoms. The third-order valence-corrected chi connectivity index (χ3v) is 2.08. The van der Waals surface area contributed by atoms with Gasteiger partial charge in [-0.05, 0) is 0 Å². The molecule has 0 aliphatic carbocycles. The van der Waals surface area contributed by atoms with E-state index in [0.29, 0.717) is 6.42 Å². The molecule has 0 amide bonds. The molecular formula is C9H17NO3. The van der Waals surface area contributed by atoms with E-state index in [1.54, 1.807) is 6.92 Å². The van der Waals surface area contributed by atoms with E-state index >= 15 is 0 Å². The smallest absolute Gasteiger partial charge is 0.218 e. The topological polar surface area (TPSA) is 60.2 Å². The van der Waals surface area contributed by atoms with Crippen molar-refractivity contribution < 1.29 is 9.72 Å². The molecule has 0 aromatic rings. The Morgan fingerprint density at radius 2 is 1.92 bits per heavy atom. The summed E-state index contributed by atoms with van der Waals surface area (Å²) in [5.74, 6) is -0.241. The zero-order valence-corrected chi connectivity index (χ0v) is 8.61. The summed E-state index contributed by atoms with van der Waals surface area (Å²) in [5, 5.41) is 10.7. The highest BCUT2D eigenvalue weighted by Crippen LogP contribution is 2.26. The van der Waals surface area contributed by atoms with E-state index in [0.717, 1.165) is 6.29 Å². The average molecular weight is 187 g/mol. The van der Waals surface area contributed by atoms with Crippen LogP contribution in [0.2, 0.25) is 0 Å². The first-order valence-electron chi connectivity index (χ1n) is 4.37. The van der Waals surface area contributed by atoms with Crippen LogP contribution in [0.5, 0.6) is 0 Å². The van der Waals surface area contributed by atoms with Gasteiger partial charge < -0.3 is 4.79 Å². The van der Waals surface area contributed by atoms with Crippen molar-refractivity contribution in [3.05, 3.63) is 10.1 Å². The van der Waals surface area contributed by atoms with Crippen LogP contribution < -0.4 is 0 Å². The van der Waals surface area contributed by atoms with Gasteiger partial charge in [0.2, 0.25) is 6.04 Å². The second kappa shape index (κ2) is 4.35. The van der Waals surface area contributed by atoms with Crippen LogP contribution >= 0.6 is 0 Å². The summed E-state index contributed by atoms with van der Waals surface area (Å²) >= 11 is 0. The molecule has 0 saturated carbocycles. The maximum atomic E-state index is 10.7. The maximum Gasteiger partial charge on any atom is 0.218 e. The standard InChI is InChI=1S/C9H17NO3/c1-7(6-11)5-8(10(12)13)9(2,3)4/h6-8H,5H2,1-4H3. The lowest BCUT2D eigenvalue weighted by atomic mass is 9.82. The summed E-state index contributed by atoms with van der Waals surface area (Å²) in [6.07, 6.45) is 1.09. The lowest BCUT2D eigenvalue weighted by Gasteiger charge is -2.23. The highest BCUT2D eigenvalue weighted by atomic mass is 16.6. The fraction of sp³-hybridized carbons (Fsp3) is 0.889. The normalized spacial score (nSPS) is 16.3. The molecule has 2 atom stereocenters. The van der Waals surface area contributed by atoms with Gasteiger partial charge in [-0.3, -0.25) is 10.1 Å². The molecule has 0 bridgehead atoms. The van der Waals surface area contributed by atoms with E-state index < -0.39 is 6.04 Å². The maximum absolute atomic E-state index is 10.7. The van der Waals surface area contributed by atoms with Crippen molar-refractivity contribution in [1.29, 1.82) is 0 Å². The van der Waals surface area contributed by atoms with Crippen LogP contribution in [0, 0.1) is 21.4 Å². The Morgan fingerprint density at radius 3 is 2.15 bits per heavy atom. The minimum atomic E-state index is -0.646. The van der Waals surface area contributed by atoms with Crippen molar-refractivity contribution in [3.8, 4) is 0 Å². The van der Waals surface area contributed by atoms with Crippen LogP contribution in [0.25, 0.3) is 0 Å². The van der Waals surface area contributed by atoms with Gasteiger partial charge >= 0.3 is 0 Å². The Hall–Kier alpha value is -0.930. The van der Waals surface area contributed by atoms with Crippen LogP contribution in [-0.4, -0.2) is 17.3 Å². The fourth-order valence-corrected chi connectivity index (χ4v) is 1.16. The quantitative estimate of drug-likeness (QED) is 0.383. The number of nitro groups is 1. The number of hydrogen-bond acceptors (Lipinski definition) is 3. The predicted octanol–water partition coefficient (Wildman–Crippen LogP) is 1.90. The molecule has 0 aromatic heterocycles. The van der Waals surface area contributed by atoms with Crippen molar-refractivity contribution in [2.24, 2.45) is 11.3 Å². The molecule has 0 rings (SSSR count). The van der Waals surface area contributed by atoms with E-state index in [1.807, 2.05) is 20.8 Å². The Kier molecular flexibility index (Phi) is 4.04. The van der Waals surface area contributed by atoms with Gasteiger partial charge in [0.25, 0.3) is 0 Å². The summed E-state index contributed by atoms with van der Waals surface area (Å²) in [5.41, 5.74) is -0.388.